The number of para-hydroxylation sites is 1. The van der Waals surface area contributed by atoms with Crippen molar-refractivity contribution in [2.45, 2.75) is 24.9 Å². The maximum absolute atomic E-state index is 12.9. The Bertz CT molecular complexity index is 799. The van der Waals surface area contributed by atoms with Crippen molar-refractivity contribution >= 4 is 15.7 Å². The van der Waals surface area contributed by atoms with Crippen molar-refractivity contribution in [1.82, 2.24) is 0 Å². The third-order valence-corrected chi connectivity index (χ3v) is 4.62. The van der Waals surface area contributed by atoms with Crippen LogP contribution >= 0.6 is 0 Å². The molecule has 0 aliphatic rings. The van der Waals surface area contributed by atoms with Gasteiger partial charge in [0.1, 0.15) is 0 Å². The standard InChI is InChI=1S/C15H14F3NO2S/c1-10-7-8-11(2)14(9-10)22(20,21)19-13-6-4-3-5-12(13)15(16,17)18/h3-9,19H,1-2H3. The molecule has 0 heterocycles. The number of nitrogens with one attached hydrogen (secondary N) is 1. The van der Waals surface area contributed by atoms with Gasteiger partial charge in [-0.15, -0.1) is 0 Å². The van der Waals surface area contributed by atoms with Gasteiger partial charge in [-0.3, -0.25) is 4.72 Å². The van der Waals surface area contributed by atoms with Crippen LogP contribution < -0.4 is 4.72 Å². The second-order valence-electron chi connectivity index (χ2n) is 4.92. The summed E-state index contributed by atoms with van der Waals surface area (Å²) in [4.78, 5) is -0.0375. The van der Waals surface area contributed by atoms with E-state index in [0.717, 1.165) is 12.1 Å². The second kappa shape index (κ2) is 5.64. The zero-order chi connectivity index (χ0) is 16.5. The maximum Gasteiger partial charge on any atom is 0.418 e. The number of hydrogen-bond acceptors (Lipinski definition) is 2. The summed E-state index contributed by atoms with van der Waals surface area (Å²) in [6.45, 7) is 3.30. The number of hydrogen-bond donors (Lipinski definition) is 1. The Morgan fingerprint density at radius 2 is 1.64 bits per heavy atom. The van der Waals surface area contributed by atoms with E-state index in [1.165, 1.54) is 18.2 Å². The van der Waals surface area contributed by atoms with Crippen molar-refractivity contribution in [3.8, 4) is 0 Å². The van der Waals surface area contributed by atoms with Gasteiger partial charge in [-0.1, -0.05) is 24.3 Å². The second-order valence-corrected chi connectivity index (χ2v) is 6.57. The Balaban J connectivity index is 2.49. The lowest BCUT2D eigenvalue weighted by atomic mass is 10.2. The molecule has 0 saturated carbocycles. The molecule has 0 spiro atoms. The number of benzene rings is 2. The van der Waals surface area contributed by atoms with E-state index in [4.69, 9.17) is 0 Å². The van der Waals surface area contributed by atoms with Crippen LogP contribution in [0.4, 0.5) is 18.9 Å². The van der Waals surface area contributed by atoms with Gasteiger partial charge in [0.15, 0.2) is 0 Å². The molecule has 0 unspecified atom stereocenters. The van der Waals surface area contributed by atoms with E-state index >= 15 is 0 Å². The lowest BCUT2D eigenvalue weighted by Crippen LogP contribution is -2.18. The predicted octanol–water partition coefficient (Wildman–Crippen LogP) is 4.12. The Kier molecular flexibility index (Phi) is 4.19. The average Bonchev–Trinajstić information content (AvgIpc) is 2.40. The first-order chi connectivity index (χ1) is 10.1. The molecule has 0 atom stereocenters. The lowest BCUT2D eigenvalue weighted by Gasteiger charge is -2.15. The summed E-state index contributed by atoms with van der Waals surface area (Å²) >= 11 is 0. The molecule has 3 nitrogen and oxygen atoms in total. The van der Waals surface area contributed by atoms with E-state index in [2.05, 4.69) is 0 Å². The van der Waals surface area contributed by atoms with Gasteiger partial charge in [0.2, 0.25) is 0 Å². The summed E-state index contributed by atoms with van der Waals surface area (Å²) in [7, 11) is -4.10. The molecule has 118 valence electrons. The SMILES string of the molecule is Cc1ccc(C)c(S(=O)(=O)Nc2ccccc2C(F)(F)F)c1. The third-order valence-electron chi connectivity index (χ3n) is 3.11. The van der Waals surface area contributed by atoms with Gasteiger partial charge in [-0.25, -0.2) is 8.42 Å². The van der Waals surface area contributed by atoms with Crippen LogP contribution in [0, 0.1) is 13.8 Å². The molecule has 2 aromatic rings. The first kappa shape index (κ1) is 16.4. The van der Waals surface area contributed by atoms with E-state index in [0.29, 0.717) is 11.1 Å². The van der Waals surface area contributed by atoms with Crippen LogP contribution in [0.25, 0.3) is 0 Å². The molecule has 0 radical (unpaired) electrons. The summed E-state index contributed by atoms with van der Waals surface area (Å²) in [5.74, 6) is 0. The van der Waals surface area contributed by atoms with Crippen molar-refractivity contribution in [1.29, 1.82) is 0 Å². The van der Waals surface area contributed by atoms with Gasteiger partial charge in [0.05, 0.1) is 16.1 Å². The molecule has 22 heavy (non-hydrogen) atoms. The largest absolute Gasteiger partial charge is 0.418 e. The lowest BCUT2D eigenvalue weighted by molar-refractivity contribution is -0.136. The van der Waals surface area contributed by atoms with Crippen LogP contribution in [0.5, 0.6) is 0 Å². The summed E-state index contributed by atoms with van der Waals surface area (Å²) in [5.41, 5.74) is -0.350. The van der Waals surface area contributed by atoms with Crippen LogP contribution in [-0.4, -0.2) is 8.42 Å². The van der Waals surface area contributed by atoms with E-state index < -0.39 is 27.5 Å². The molecule has 7 heteroatoms. The molecule has 0 aliphatic carbocycles. The Morgan fingerprint density at radius 3 is 2.27 bits per heavy atom. The molecule has 0 aliphatic heterocycles. The normalized spacial score (nSPS) is 12.2. The topological polar surface area (TPSA) is 46.2 Å². The zero-order valence-corrected chi connectivity index (χ0v) is 12.7. The van der Waals surface area contributed by atoms with Crippen LogP contribution in [0.15, 0.2) is 47.4 Å². The zero-order valence-electron chi connectivity index (χ0n) is 11.9. The summed E-state index contributed by atoms with van der Waals surface area (Å²) in [5, 5.41) is 0. The van der Waals surface area contributed by atoms with Crippen molar-refractivity contribution in [3.05, 3.63) is 59.2 Å². The van der Waals surface area contributed by atoms with Crippen LogP contribution in [0.3, 0.4) is 0 Å². The first-order valence-electron chi connectivity index (χ1n) is 6.37. The molecular weight excluding hydrogens is 315 g/mol. The van der Waals surface area contributed by atoms with E-state index in [-0.39, 0.29) is 4.90 Å². The predicted molar refractivity (Wildman–Crippen MR) is 78.2 cm³/mol. The van der Waals surface area contributed by atoms with Gasteiger partial charge < -0.3 is 0 Å². The number of alkyl halides is 3. The highest BCUT2D eigenvalue weighted by Gasteiger charge is 2.34. The van der Waals surface area contributed by atoms with Gasteiger partial charge in [0, 0.05) is 0 Å². The summed E-state index contributed by atoms with van der Waals surface area (Å²) < 4.78 is 65.6. The van der Waals surface area contributed by atoms with E-state index in [1.54, 1.807) is 26.0 Å². The van der Waals surface area contributed by atoms with Crippen molar-refractivity contribution < 1.29 is 21.6 Å². The molecule has 0 fully saturated rings. The highest BCUT2D eigenvalue weighted by Crippen LogP contribution is 2.35. The Morgan fingerprint density at radius 1 is 1.00 bits per heavy atom. The fraction of sp³-hybridized carbons (Fsp3) is 0.200. The Hall–Kier alpha value is -2.02. The average molecular weight is 329 g/mol. The van der Waals surface area contributed by atoms with Gasteiger partial charge in [0.25, 0.3) is 10.0 Å². The quantitative estimate of drug-likeness (QED) is 0.920. The van der Waals surface area contributed by atoms with Crippen molar-refractivity contribution in [2.75, 3.05) is 4.72 Å². The molecule has 0 bridgehead atoms. The minimum atomic E-state index is -4.64. The number of aryl methyl sites for hydroxylation is 2. The molecule has 1 N–H and O–H groups in total. The number of halogens is 3. The van der Waals surface area contributed by atoms with Crippen LogP contribution in [-0.2, 0) is 16.2 Å². The minimum Gasteiger partial charge on any atom is -0.279 e. The van der Waals surface area contributed by atoms with E-state index in [1.807, 2.05) is 4.72 Å². The van der Waals surface area contributed by atoms with Gasteiger partial charge in [-0.2, -0.15) is 13.2 Å². The van der Waals surface area contributed by atoms with Crippen molar-refractivity contribution in [3.63, 3.8) is 0 Å². The van der Waals surface area contributed by atoms with Gasteiger partial charge >= 0.3 is 6.18 Å². The molecule has 0 amide bonds. The monoisotopic (exact) mass is 329 g/mol. The third kappa shape index (κ3) is 3.41. The highest BCUT2D eigenvalue weighted by molar-refractivity contribution is 7.92. The minimum absolute atomic E-state index is 0.0375. The molecule has 2 aromatic carbocycles. The molecule has 0 saturated heterocycles. The maximum atomic E-state index is 12.9. The molecule has 0 aromatic heterocycles. The summed E-state index contributed by atoms with van der Waals surface area (Å²) in [6.07, 6.45) is -4.64. The Labute approximate surface area is 126 Å². The molecule has 2 rings (SSSR count). The van der Waals surface area contributed by atoms with Crippen molar-refractivity contribution in [2.24, 2.45) is 0 Å². The van der Waals surface area contributed by atoms with Crippen LogP contribution in [0.1, 0.15) is 16.7 Å². The molecular formula is C15H14F3NO2S. The van der Waals surface area contributed by atoms with E-state index in [9.17, 15) is 21.6 Å². The van der Waals surface area contributed by atoms with Crippen LogP contribution in [0.2, 0.25) is 0 Å². The first-order valence-corrected chi connectivity index (χ1v) is 7.86. The number of sulfonamides is 1. The fourth-order valence-corrected chi connectivity index (χ4v) is 3.43. The highest BCUT2D eigenvalue weighted by atomic mass is 32.2. The number of anilines is 1. The summed E-state index contributed by atoms with van der Waals surface area (Å²) in [6, 6.07) is 9.24. The fourth-order valence-electron chi connectivity index (χ4n) is 2.02. The number of rotatable bonds is 3. The smallest absolute Gasteiger partial charge is 0.279 e. The van der Waals surface area contributed by atoms with Gasteiger partial charge in [-0.05, 0) is 43.2 Å².